The molecule has 6 heteroatoms. The fraction of sp³-hybridized carbons (Fsp3) is 0.556. The third-order valence-corrected chi connectivity index (χ3v) is 4.77. The molecule has 1 aliphatic heterocycles. The molecule has 3 heterocycles. The predicted molar refractivity (Wildman–Crippen MR) is 91.3 cm³/mol. The maximum Gasteiger partial charge on any atom is 0.122 e. The maximum atomic E-state index is 10.5. The minimum Gasteiger partial charge on any atom is -0.387 e. The summed E-state index contributed by atoms with van der Waals surface area (Å²) in [5.74, 6) is 1.36. The number of aromatic nitrogens is 3. The molecular formula is C18H26N4O2. The van der Waals surface area contributed by atoms with Crippen molar-refractivity contribution in [1.82, 2.24) is 19.4 Å². The SMILES string of the molecule is COCCn1ccnc1CN1CCC(C(O)c2ccccn2)CC1. The van der Waals surface area contributed by atoms with Crippen LogP contribution in [0.5, 0.6) is 0 Å². The predicted octanol–water partition coefficient (Wildman–Crippen LogP) is 1.87. The molecule has 0 aromatic carbocycles. The van der Waals surface area contributed by atoms with Crippen LogP contribution in [0.2, 0.25) is 0 Å². The fourth-order valence-electron chi connectivity index (χ4n) is 3.30. The van der Waals surface area contributed by atoms with E-state index in [0.29, 0.717) is 6.61 Å². The zero-order valence-corrected chi connectivity index (χ0v) is 14.2. The number of likely N-dealkylation sites (tertiary alicyclic amines) is 1. The molecule has 1 unspecified atom stereocenters. The Kier molecular flexibility index (Phi) is 5.96. The highest BCUT2D eigenvalue weighted by atomic mass is 16.5. The fourth-order valence-corrected chi connectivity index (χ4v) is 3.30. The van der Waals surface area contributed by atoms with Crippen molar-refractivity contribution < 1.29 is 9.84 Å². The van der Waals surface area contributed by atoms with Gasteiger partial charge in [0.05, 0.1) is 24.9 Å². The summed E-state index contributed by atoms with van der Waals surface area (Å²) in [7, 11) is 1.72. The van der Waals surface area contributed by atoms with Crippen LogP contribution in [0.4, 0.5) is 0 Å². The summed E-state index contributed by atoms with van der Waals surface area (Å²) < 4.78 is 7.30. The number of nitrogens with zero attached hydrogens (tertiary/aromatic N) is 4. The molecule has 24 heavy (non-hydrogen) atoms. The minimum atomic E-state index is -0.461. The second-order valence-corrected chi connectivity index (χ2v) is 6.34. The molecule has 1 atom stereocenters. The van der Waals surface area contributed by atoms with Gasteiger partial charge in [0.1, 0.15) is 5.82 Å². The van der Waals surface area contributed by atoms with Gasteiger partial charge in [0, 0.05) is 32.2 Å². The molecule has 0 saturated carbocycles. The van der Waals surface area contributed by atoms with Crippen LogP contribution in [-0.2, 0) is 17.8 Å². The normalized spacial score (nSPS) is 17.9. The number of aliphatic hydroxyl groups excluding tert-OH is 1. The summed E-state index contributed by atoms with van der Waals surface area (Å²) >= 11 is 0. The van der Waals surface area contributed by atoms with Gasteiger partial charge in [-0.15, -0.1) is 0 Å². The maximum absolute atomic E-state index is 10.5. The van der Waals surface area contributed by atoms with Crippen LogP contribution >= 0.6 is 0 Å². The van der Waals surface area contributed by atoms with Crippen molar-refractivity contribution in [2.75, 3.05) is 26.8 Å². The van der Waals surface area contributed by atoms with Crippen molar-refractivity contribution in [2.45, 2.75) is 32.0 Å². The number of methoxy groups -OCH3 is 1. The summed E-state index contributed by atoms with van der Waals surface area (Å²) in [5.41, 5.74) is 0.783. The molecule has 1 N–H and O–H groups in total. The number of pyridine rings is 1. The van der Waals surface area contributed by atoms with Crippen molar-refractivity contribution in [2.24, 2.45) is 5.92 Å². The monoisotopic (exact) mass is 330 g/mol. The largest absolute Gasteiger partial charge is 0.387 e. The average molecular weight is 330 g/mol. The van der Waals surface area contributed by atoms with E-state index in [1.807, 2.05) is 30.6 Å². The zero-order valence-electron chi connectivity index (χ0n) is 14.2. The highest BCUT2D eigenvalue weighted by Gasteiger charge is 2.27. The van der Waals surface area contributed by atoms with E-state index in [9.17, 15) is 5.11 Å². The van der Waals surface area contributed by atoms with Crippen LogP contribution < -0.4 is 0 Å². The molecule has 130 valence electrons. The zero-order chi connectivity index (χ0) is 16.8. The highest BCUT2D eigenvalue weighted by molar-refractivity contribution is 5.08. The number of hydrogen-bond acceptors (Lipinski definition) is 5. The van der Waals surface area contributed by atoms with E-state index in [1.165, 1.54) is 0 Å². The van der Waals surface area contributed by atoms with E-state index in [2.05, 4.69) is 19.4 Å². The first-order valence-electron chi connectivity index (χ1n) is 8.58. The third-order valence-electron chi connectivity index (χ3n) is 4.77. The smallest absolute Gasteiger partial charge is 0.122 e. The number of rotatable bonds is 7. The van der Waals surface area contributed by atoms with E-state index in [4.69, 9.17) is 4.74 Å². The van der Waals surface area contributed by atoms with Gasteiger partial charge in [-0.2, -0.15) is 0 Å². The Bertz CT molecular complexity index is 608. The Morgan fingerprint density at radius 3 is 2.79 bits per heavy atom. The first-order valence-corrected chi connectivity index (χ1v) is 8.58. The lowest BCUT2D eigenvalue weighted by atomic mass is 9.89. The van der Waals surface area contributed by atoms with Crippen LogP contribution in [0.15, 0.2) is 36.8 Å². The molecule has 0 bridgehead atoms. The lowest BCUT2D eigenvalue weighted by molar-refractivity contribution is 0.0529. The van der Waals surface area contributed by atoms with Crippen molar-refractivity contribution in [1.29, 1.82) is 0 Å². The van der Waals surface area contributed by atoms with Crippen LogP contribution in [0.3, 0.4) is 0 Å². The van der Waals surface area contributed by atoms with Gasteiger partial charge in [0.2, 0.25) is 0 Å². The van der Waals surface area contributed by atoms with Gasteiger partial charge >= 0.3 is 0 Å². The van der Waals surface area contributed by atoms with Crippen molar-refractivity contribution >= 4 is 0 Å². The Morgan fingerprint density at radius 2 is 2.08 bits per heavy atom. The van der Waals surface area contributed by atoms with E-state index in [-0.39, 0.29) is 5.92 Å². The second-order valence-electron chi connectivity index (χ2n) is 6.34. The van der Waals surface area contributed by atoms with Crippen LogP contribution in [0.25, 0.3) is 0 Å². The summed E-state index contributed by atoms with van der Waals surface area (Å²) in [6.45, 7) is 4.34. The van der Waals surface area contributed by atoms with Gasteiger partial charge in [-0.3, -0.25) is 9.88 Å². The van der Waals surface area contributed by atoms with E-state index < -0.39 is 6.10 Å². The second kappa shape index (κ2) is 8.37. The molecule has 1 aliphatic rings. The Labute approximate surface area is 143 Å². The van der Waals surface area contributed by atoms with E-state index >= 15 is 0 Å². The molecule has 0 radical (unpaired) electrons. The minimum absolute atomic E-state index is 0.282. The molecule has 2 aromatic heterocycles. The van der Waals surface area contributed by atoms with Crippen LogP contribution in [-0.4, -0.2) is 51.3 Å². The van der Waals surface area contributed by atoms with E-state index in [1.54, 1.807) is 13.3 Å². The summed E-state index contributed by atoms with van der Waals surface area (Å²) in [6, 6.07) is 5.72. The lowest BCUT2D eigenvalue weighted by Crippen LogP contribution is -2.36. The molecule has 1 saturated heterocycles. The van der Waals surface area contributed by atoms with Gasteiger partial charge in [0.25, 0.3) is 0 Å². The quantitative estimate of drug-likeness (QED) is 0.840. The van der Waals surface area contributed by atoms with Crippen LogP contribution in [0, 0.1) is 5.92 Å². The lowest BCUT2D eigenvalue weighted by Gasteiger charge is -2.33. The third kappa shape index (κ3) is 4.20. The van der Waals surface area contributed by atoms with Gasteiger partial charge in [-0.05, 0) is 44.0 Å². The highest BCUT2D eigenvalue weighted by Crippen LogP contribution is 2.30. The Hall–Kier alpha value is -1.76. The molecule has 1 fully saturated rings. The molecular weight excluding hydrogens is 304 g/mol. The Balaban J connectivity index is 1.51. The van der Waals surface area contributed by atoms with Gasteiger partial charge < -0.3 is 14.4 Å². The van der Waals surface area contributed by atoms with Crippen molar-refractivity contribution in [3.63, 3.8) is 0 Å². The van der Waals surface area contributed by atoms with E-state index in [0.717, 1.165) is 50.5 Å². The van der Waals surface area contributed by atoms with Gasteiger partial charge in [0.15, 0.2) is 0 Å². The molecule has 0 amide bonds. The Morgan fingerprint density at radius 1 is 1.25 bits per heavy atom. The van der Waals surface area contributed by atoms with Crippen LogP contribution in [0.1, 0.15) is 30.5 Å². The number of aliphatic hydroxyl groups is 1. The molecule has 0 aliphatic carbocycles. The topological polar surface area (TPSA) is 63.4 Å². The number of hydrogen-bond donors (Lipinski definition) is 1. The van der Waals surface area contributed by atoms with Gasteiger partial charge in [-0.25, -0.2) is 4.98 Å². The first kappa shape index (κ1) is 17.1. The van der Waals surface area contributed by atoms with Gasteiger partial charge in [-0.1, -0.05) is 6.07 Å². The molecule has 6 nitrogen and oxygen atoms in total. The van der Waals surface area contributed by atoms with Crippen molar-refractivity contribution in [3.05, 3.63) is 48.3 Å². The first-order chi connectivity index (χ1) is 11.8. The summed E-state index contributed by atoms with van der Waals surface area (Å²) in [4.78, 5) is 11.2. The molecule has 0 spiro atoms. The average Bonchev–Trinajstić information content (AvgIpc) is 3.07. The number of piperidine rings is 1. The summed E-state index contributed by atoms with van der Waals surface area (Å²) in [6.07, 6.45) is 7.10. The molecule has 2 aromatic rings. The number of ether oxygens (including phenoxy) is 1. The molecule has 3 rings (SSSR count). The standard InChI is InChI=1S/C18H26N4O2/c1-24-13-12-22-11-8-20-17(22)14-21-9-5-15(6-10-21)18(23)16-4-2-3-7-19-16/h2-4,7-8,11,15,18,23H,5-6,9-10,12-14H2,1H3. The summed E-state index contributed by atoms with van der Waals surface area (Å²) in [5, 5.41) is 10.5. The van der Waals surface area contributed by atoms with Crippen molar-refractivity contribution in [3.8, 4) is 0 Å². The number of imidazole rings is 1.